The molecule has 3 nitrogen and oxygen atoms in total. The number of amides is 1. The number of hydrogen-bond donors (Lipinski definition) is 0. The van der Waals surface area contributed by atoms with Crippen LogP contribution in [0.4, 0.5) is 0 Å². The molecule has 2 fully saturated rings. The van der Waals surface area contributed by atoms with Gasteiger partial charge in [-0.15, -0.1) is 0 Å². The minimum absolute atomic E-state index is 0.182. The Bertz CT molecular complexity index is 187. The van der Waals surface area contributed by atoms with E-state index in [4.69, 9.17) is 4.84 Å². The third kappa shape index (κ3) is 1.61. The predicted octanol–water partition coefficient (Wildman–Crippen LogP) is 1.20. The van der Waals surface area contributed by atoms with Gasteiger partial charge in [0.2, 0.25) is 5.91 Å². The molecule has 2 atom stereocenters. The van der Waals surface area contributed by atoms with Crippen LogP contribution in [-0.2, 0) is 9.63 Å². The Labute approximate surface area is 72.6 Å². The van der Waals surface area contributed by atoms with E-state index in [1.54, 1.807) is 0 Å². The Morgan fingerprint density at radius 3 is 2.92 bits per heavy atom. The molecule has 0 aromatic heterocycles. The first kappa shape index (κ1) is 8.05. The summed E-state index contributed by atoms with van der Waals surface area (Å²) < 4.78 is 0. The fraction of sp³-hybridized carbons (Fsp3) is 0.889. The number of hydroxylamine groups is 2. The van der Waals surface area contributed by atoms with Gasteiger partial charge in [0.05, 0.1) is 13.2 Å². The Balaban J connectivity index is 1.76. The topological polar surface area (TPSA) is 29.5 Å². The smallest absolute Gasteiger partial charge is 0.246 e. The van der Waals surface area contributed by atoms with Gasteiger partial charge in [-0.05, 0) is 24.7 Å². The highest BCUT2D eigenvalue weighted by Gasteiger charge is 2.36. The van der Waals surface area contributed by atoms with Gasteiger partial charge in [0.15, 0.2) is 0 Å². The van der Waals surface area contributed by atoms with Crippen LogP contribution >= 0.6 is 0 Å². The van der Waals surface area contributed by atoms with Gasteiger partial charge < -0.3 is 0 Å². The quantitative estimate of drug-likeness (QED) is 0.621. The molecule has 0 bridgehead atoms. The van der Waals surface area contributed by atoms with Crippen LogP contribution < -0.4 is 0 Å². The first-order valence-electron chi connectivity index (χ1n) is 4.70. The van der Waals surface area contributed by atoms with Crippen molar-refractivity contribution in [3.8, 4) is 0 Å². The lowest BCUT2D eigenvalue weighted by Gasteiger charge is -2.12. The van der Waals surface area contributed by atoms with Crippen LogP contribution in [0.3, 0.4) is 0 Å². The molecule has 1 saturated carbocycles. The maximum absolute atomic E-state index is 11.4. The number of carbonyl (C=O) groups is 1. The maximum atomic E-state index is 11.4. The largest absolute Gasteiger partial charge is 0.273 e. The van der Waals surface area contributed by atoms with Crippen LogP contribution in [-0.4, -0.2) is 24.1 Å². The van der Waals surface area contributed by atoms with Crippen LogP contribution in [0, 0.1) is 11.8 Å². The second kappa shape index (κ2) is 3.05. The van der Waals surface area contributed by atoms with Gasteiger partial charge in [0.1, 0.15) is 0 Å². The highest BCUT2D eigenvalue weighted by Crippen LogP contribution is 2.40. The van der Waals surface area contributed by atoms with Crippen LogP contribution in [0.15, 0.2) is 0 Å². The predicted molar refractivity (Wildman–Crippen MR) is 44.2 cm³/mol. The van der Waals surface area contributed by atoms with E-state index in [0.717, 1.165) is 18.9 Å². The Morgan fingerprint density at radius 1 is 1.67 bits per heavy atom. The molecule has 0 aromatic rings. The third-order valence-electron chi connectivity index (χ3n) is 2.74. The van der Waals surface area contributed by atoms with Crippen LogP contribution in [0.25, 0.3) is 0 Å². The molecular weight excluding hydrogens is 154 g/mol. The van der Waals surface area contributed by atoms with Crippen molar-refractivity contribution in [1.82, 2.24) is 5.06 Å². The van der Waals surface area contributed by atoms with Gasteiger partial charge in [-0.25, -0.2) is 5.06 Å². The first-order chi connectivity index (χ1) is 5.77. The number of hydrogen-bond acceptors (Lipinski definition) is 2. The lowest BCUT2D eigenvalue weighted by Crippen LogP contribution is -2.26. The summed E-state index contributed by atoms with van der Waals surface area (Å²) in [6.45, 7) is 3.70. The molecular formula is C9H15NO2. The maximum Gasteiger partial charge on any atom is 0.246 e. The van der Waals surface area contributed by atoms with Crippen molar-refractivity contribution < 1.29 is 9.63 Å². The van der Waals surface area contributed by atoms with E-state index in [0.29, 0.717) is 18.9 Å². The fourth-order valence-electron chi connectivity index (χ4n) is 1.65. The zero-order valence-electron chi connectivity index (χ0n) is 7.45. The van der Waals surface area contributed by atoms with Crippen molar-refractivity contribution in [3.05, 3.63) is 0 Å². The molecule has 2 aliphatic rings. The molecule has 0 radical (unpaired) electrons. The summed E-state index contributed by atoms with van der Waals surface area (Å²) in [6, 6.07) is 0. The van der Waals surface area contributed by atoms with Crippen molar-refractivity contribution in [3.63, 3.8) is 0 Å². The molecule has 0 N–H and O–H groups in total. The van der Waals surface area contributed by atoms with E-state index in [2.05, 4.69) is 6.92 Å². The summed E-state index contributed by atoms with van der Waals surface area (Å²) >= 11 is 0. The van der Waals surface area contributed by atoms with Gasteiger partial charge >= 0.3 is 0 Å². The van der Waals surface area contributed by atoms with Gasteiger partial charge in [0, 0.05) is 6.42 Å². The molecule has 1 aliphatic carbocycles. The summed E-state index contributed by atoms with van der Waals surface area (Å²) in [5.41, 5.74) is 0. The van der Waals surface area contributed by atoms with Crippen molar-refractivity contribution >= 4 is 5.91 Å². The number of nitrogens with zero attached hydrogens (tertiary/aromatic N) is 1. The standard InChI is InChI=1S/C9H15NO2/c1-7-5-8(7)6-9(11)10-3-2-4-12-10/h7-8H,2-6H2,1H3. The highest BCUT2D eigenvalue weighted by atomic mass is 16.7. The fourth-order valence-corrected chi connectivity index (χ4v) is 1.65. The minimum Gasteiger partial charge on any atom is -0.273 e. The third-order valence-corrected chi connectivity index (χ3v) is 2.74. The highest BCUT2D eigenvalue weighted by molar-refractivity contribution is 5.75. The molecule has 2 rings (SSSR count). The first-order valence-corrected chi connectivity index (χ1v) is 4.70. The molecule has 1 amide bonds. The van der Waals surface area contributed by atoms with Crippen LogP contribution in [0.5, 0.6) is 0 Å². The Morgan fingerprint density at radius 2 is 2.42 bits per heavy atom. The molecule has 3 heteroatoms. The van der Waals surface area contributed by atoms with E-state index in [-0.39, 0.29) is 5.91 Å². The zero-order valence-corrected chi connectivity index (χ0v) is 7.45. The normalized spacial score (nSPS) is 33.9. The van der Waals surface area contributed by atoms with Gasteiger partial charge in [-0.3, -0.25) is 9.63 Å². The van der Waals surface area contributed by atoms with E-state index < -0.39 is 0 Å². The second-order valence-corrected chi connectivity index (χ2v) is 3.86. The monoisotopic (exact) mass is 169 g/mol. The van der Waals surface area contributed by atoms with Crippen molar-refractivity contribution in [1.29, 1.82) is 0 Å². The molecule has 1 saturated heterocycles. The summed E-state index contributed by atoms with van der Waals surface area (Å²) in [5.74, 6) is 1.58. The molecule has 2 unspecified atom stereocenters. The van der Waals surface area contributed by atoms with E-state index in [1.807, 2.05) is 0 Å². The van der Waals surface area contributed by atoms with Crippen molar-refractivity contribution in [2.24, 2.45) is 11.8 Å². The lowest BCUT2D eigenvalue weighted by atomic mass is 10.2. The average molecular weight is 169 g/mol. The van der Waals surface area contributed by atoms with Crippen LogP contribution in [0.1, 0.15) is 26.2 Å². The van der Waals surface area contributed by atoms with Gasteiger partial charge in [-0.1, -0.05) is 6.92 Å². The molecule has 0 aromatic carbocycles. The SMILES string of the molecule is CC1CC1CC(=O)N1CCCO1. The van der Waals surface area contributed by atoms with E-state index >= 15 is 0 Å². The van der Waals surface area contributed by atoms with Crippen molar-refractivity contribution in [2.75, 3.05) is 13.2 Å². The number of carbonyl (C=O) groups excluding carboxylic acids is 1. The zero-order chi connectivity index (χ0) is 8.55. The molecule has 1 heterocycles. The summed E-state index contributed by atoms with van der Waals surface area (Å²) in [6.07, 6.45) is 2.91. The summed E-state index contributed by atoms with van der Waals surface area (Å²) in [5, 5.41) is 1.53. The lowest BCUT2D eigenvalue weighted by molar-refractivity contribution is -0.169. The molecule has 0 spiro atoms. The molecule has 68 valence electrons. The van der Waals surface area contributed by atoms with Crippen molar-refractivity contribution in [2.45, 2.75) is 26.2 Å². The minimum atomic E-state index is 0.182. The summed E-state index contributed by atoms with van der Waals surface area (Å²) in [4.78, 5) is 16.6. The summed E-state index contributed by atoms with van der Waals surface area (Å²) in [7, 11) is 0. The van der Waals surface area contributed by atoms with Gasteiger partial charge in [0.25, 0.3) is 0 Å². The Kier molecular flexibility index (Phi) is 2.05. The second-order valence-electron chi connectivity index (χ2n) is 3.86. The molecule has 1 aliphatic heterocycles. The molecule has 12 heavy (non-hydrogen) atoms. The average Bonchev–Trinajstić information content (AvgIpc) is 2.58. The Hall–Kier alpha value is -0.570. The van der Waals surface area contributed by atoms with E-state index in [1.165, 1.54) is 11.5 Å². The van der Waals surface area contributed by atoms with Gasteiger partial charge in [-0.2, -0.15) is 0 Å². The van der Waals surface area contributed by atoms with Crippen LogP contribution in [0.2, 0.25) is 0 Å². The van der Waals surface area contributed by atoms with E-state index in [9.17, 15) is 4.79 Å². The number of rotatable bonds is 2.